The molecule has 0 unspecified atom stereocenters. The number of rotatable bonds is 10. The van der Waals surface area contributed by atoms with E-state index in [1.54, 1.807) is 30.3 Å². The molecule has 0 heterocycles. The maximum Gasteiger partial charge on any atom is 0.265 e. The van der Waals surface area contributed by atoms with Gasteiger partial charge in [-0.3, -0.25) is 9.10 Å². The first-order valence-corrected chi connectivity index (χ1v) is 12.5. The quantitative estimate of drug-likeness (QED) is 0.296. The molecule has 0 aliphatic carbocycles. The van der Waals surface area contributed by atoms with Crippen molar-refractivity contribution in [2.45, 2.75) is 4.90 Å². The van der Waals surface area contributed by atoms with E-state index in [0.29, 0.717) is 16.3 Å². The van der Waals surface area contributed by atoms with Gasteiger partial charge in [-0.1, -0.05) is 35.3 Å². The third kappa shape index (κ3) is 6.39. The maximum absolute atomic E-state index is 13.7. The lowest BCUT2D eigenvalue weighted by Crippen LogP contribution is -2.39. The summed E-state index contributed by atoms with van der Waals surface area (Å²) in [6.07, 6.45) is 1.40. The second kappa shape index (κ2) is 12.0. The van der Waals surface area contributed by atoms with Crippen LogP contribution >= 0.6 is 23.2 Å². The van der Waals surface area contributed by atoms with E-state index in [1.165, 1.54) is 57.9 Å². The van der Waals surface area contributed by atoms with Gasteiger partial charge in [-0.15, -0.1) is 0 Å². The molecule has 0 atom stereocenters. The monoisotopic (exact) mass is 551 g/mol. The predicted octanol–water partition coefficient (Wildman–Crippen LogP) is 4.36. The minimum Gasteiger partial charge on any atom is -0.495 e. The molecule has 0 saturated heterocycles. The summed E-state index contributed by atoms with van der Waals surface area (Å²) in [4.78, 5) is 12.6. The minimum atomic E-state index is -4.31. The van der Waals surface area contributed by atoms with E-state index in [0.717, 1.165) is 4.31 Å². The molecule has 3 aromatic carbocycles. The van der Waals surface area contributed by atoms with Crippen molar-refractivity contribution in [1.29, 1.82) is 0 Å². The fourth-order valence-electron chi connectivity index (χ4n) is 3.16. The Morgan fingerprint density at radius 3 is 2.14 bits per heavy atom. The van der Waals surface area contributed by atoms with Gasteiger partial charge in [0.1, 0.15) is 12.3 Å². The zero-order chi connectivity index (χ0) is 26.3. The average Bonchev–Trinajstić information content (AvgIpc) is 2.87. The van der Waals surface area contributed by atoms with Gasteiger partial charge in [-0.05, 0) is 48.0 Å². The number of amides is 1. The Balaban J connectivity index is 1.97. The summed E-state index contributed by atoms with van der Waals surface area (Å²) < 4.78 is 44.1. The van der Waals surface area contributed by atoms with Gasteiger partial charge in [0.2, 0.25) is 0 Å². The number of nitrogens with zero attached hydrogens (tertiary/aromatic N) is 2. The van der Waals surface area contributed by atoms with Crippen molar-refractivity contribution < 1.29 is 27.4 Å². The molecule has 9 nitrogen and oxygen atoms in total. The maximum atomic E-state index is 13.7. The Morgan fingerprint density at radius 1 is 0.889 bits per heavy atom. The summed E-state index contributed by atoms with van der Waals surface area (Å²) in [5, 5.41) is 4.71. The molecule has 0 aliphatic heterocycles. The van der Waals surface area contributed by atoms with Crippen molar-refractivity contribution >= 4 is 51.0 Å². The number of anilines is 1. The van der Waals surface area contributed by atoms with E-state index < -0.39 is 22.5 Å². The van der Waals surface area contributed by atoms with Gasteiger partial charge in [-0.2, -0.15) is 5.10 Å². The predicted molar refractivity (Wildman–Crippen MR) is 139 cm³/mol. The molecule has 1 N–H and O–H groups in total. The summed E-state index contributed by atoms with van der Waals surface area (Å²) >= 11 is 12.0. The normalized spacial score (nSPS) is 11.2. The standard InChI is InChI=1S/C24H23Cl2N3O6S/c1-33-21-10-8-18(26)12-20(21)29(15-24(30)28-27-14-16-4-6-17(25)7-5-16)36(31,32)19-9-11-22(34-2)23(13-19)35-3/h4-14H,15H2,1-3H3,(H,28,30)/b27-14-. The molecule has 190 valence electrons. The number of benzene rings is 3. The van der Waals surface area contributed by atoms with Crippen molar-refractivity contribution in [3.05, 3.63) is 76.3 Å². The molecule has 0 aromatic heterocycles. The lowest BCUT2D eigenvalue weighted by molar-refractivity contribution is -0.119. The zero-order valence-corrected chi connectivity index (χ0v) is 21.9. The van der Waals surface area contributed by atoms with Crippen molar-refractivity contribution in [2.24, 2.45) is 5.10 Å². The van der Waals surface area contributed by atoms with Gasteiger partial charge in [0.05, 0.1) is 38.1 Å². The summed E-state index contributed by atoms with van der Waals surface area (Å²) in [5.41, 5.74) is 3.09. The van der Waals surface area contributed by atoms with Crippen LogP contribution in [-0.4, -0.2) is 48.4 Å². The van der Waals surface area contributed by atoms with Gasteiger partial charge in [0.25, 0.3) is 15.9 Å². The highest BCUT2D eigenvalue weighted by atomic mass is 35.5. The third-order valence-electron chi connectivity index (χ3n) is 4.91. The Kier molecular flexibility index (Phi) is 9.03. The highest BCUT2D eigenvalue weighted by Gasteiger charge is 2.30. The molecule has 0 aliphatic rings. The molecule has 36 heavy (non-hydrogen) atoms. The number of methoxy groups -OCH3 is 3. The molecule has 12 heteroatoms. The van der Waals surface area contributed by atoms with Crippen molar-refractivity contribution in [3.8, 4) is 17.2 Å². The summed E-state index contributed by atoms with van der Waals surface area (Å²) in [6, 6.07) is 15.3. The van der Waals surface area contributed by atoms with Crippen LogP contribution in [0.4, 0.5) is 5.69 Å². The molecule has 3 rings (SSSR count). The minimum absolute atomic E-state index is 0.0663. The fourth-order valence-corrected chi connectivity index (χ4v) is 4.89. The van der Waals surface area contributed by atoms with Crippen LogP contribution in [0.3, 0.4) is 0 Å². The Hall–Kier alpha value is -3.47. The SMILES string of the molecule is COc1ccc(S(=O)(=O)N(CC(=O)N/N=C\c2ccc(Cl)cc2)c2cc(Cl)ccc2OC)cc1OC. The Morgan fingerprint density at radius 2 is 1.50 bits per heavy atom. The summed E-state index contributed by atoms with van der Waals surface area (Å²) in [6.45, 7) is -0.620. The smallest absolute Gasteiger partial charge is 0.265 e. The van der Waals surface area contributed by atoms with Crippen LogP contribution in [0.25, 0.3) is 0 Å². The van der Waals surface area contributed by atoms with Gasteiger partial charge < -0.3 is 14.2 Å². The van der Waals surface area contributed by atoms with Crippen molar-refractivity contribution in [2.75, 3.05) is 32.2 Å². The number of carbonyl (C=O) groups is 1. The molecule has 0 radical (unpaired) electrons. The fraction of sp³-hybridized carbons (Fsp3) is 0.167. The lowest BCUT2D eigenvalue weighted by Gasteiger charge is -2.25. The Labute approximate surface area is 219 Å². The first kappa shape index (κ1) is 27.1. The topological polar surface area (TPSA) is 107 Å². The van der Waals surface area contributed by atoms with Crippen LogP contribution < -0.4 is 23.9 Å². The van der Waals surface area contributed by atoms with E-state index in [9.17, 15) is 13.2 Å². The second-order valence-electron chi connectivity index (χ2n) is 7.19. The van der Waals surface area contributed by atoms with Crippen LogP contribution in [0.1, 0.15) is 5.56 Å². The van der Waals surface area contributed by atoms with E-state index in [4.69, 9.17) is 37.4 Å². The summed E-state index contributed by atoms with van der Waals surface area (Å²) in [5.74, 6) is 0.0402. The van der Waals surface area contributed by atoms with Crippen LogP contribution in [0.2, 0.25) is 10.0 Å². The van der Waals surface area contributed by atoms with Crippen LogP contribution in [0.5, 0.6) is 17.2 Å². The van der Waals surface area contributed by atoms with E-state index >= 15 is 0 Å². The highest BCUT2D eigenvalue weighted by Crippen LogP contribution is 2.36. The van der Waals surface area contributed by atoms with Crippen LogP contribution in [0, 0.1) is 0 Å². The highest BCUT2D eigenvalue weighted by molar-refractivity contribution is 7.92. The number of carbonyl (C=O) groups excluding carboxylic acids is 1. The van der Waals surface area contributed by atoms with Gasteiger partial charge in [0, 0.05) is 16.1 Å². The molecule has 0 spiro atoms. The number of ether oxygens (including phenoxy) is 3. The number of nitrogens with one attached hydrogen (secondary N) is 1. The van der Waals surface area contributed by atoms with Gasteiger partial charge in [-0.25, -0.2) is 13.8 Å². The number of hydrogen-bond donors (Lipinski definition) is 1. The number of sulfonamides is 1. The molecule has 1 amide bonds. The van der Waals surface area contributed by atoms with Crippen molar-refractivity contribution in [1.82, 2.24) is 5.43 Å². The molecule has 0 saturated carbocycles. The van der Waals surface area contributed by atoms with E-state index in [-0.39, 0.29) is 27.1 Å². The molecule has 3 aromatic rings. The number of hydrazone groups is 1. The average molecular weight is 552 g/mol. The van der Waals surface area contributed by atoms with E-state index in [1.807, 2.05) is 0 Å². The van der Waals surface area contributed by atoms with Gasteiger partial charge >= 0.3 is 0 Å². The zero-order valence-electron chi connectivity index (χ0n) is 19.6. The second-order valence-corrected chi connectivity index (χ2v) is 9.92. The number of halogens is 2. The molecular formula is C24H23Cl2N3O6S. The summed E-state index contributed by atoms with van der Waals surface area (Å²) in [7, 11) is -0.105. The van der Waals surface area contributed by atoms with E-state index in [2.05, 4.69) is 10.5 Å². The first-order valence-electron chi connectivity index (χ1n) is 10.4. The van der Waals surface area contributed by atoms with Crippen LogP contribution in [0.15, 0.2) is 70.7 Å². The molecule has 0 bridgehead atoms. The number of hydrogen-bond acceptors (Lipinski definition) is 7. The Bertz CT molecular complexity index is 1360. The first-order chi connectivity index (χ1) is 17.2. The molecule has 0 fully saturated rings. The molecular weight excluding hydrogens is 529 g/mol. The van der Waals surface area contributed by atoms with Crippen LogP contribution in [-0.2, 0) is 14.8 Å². The van der Waals surface area contributed by atoms with Gasteiger partial charge in [0.15, 0.2) is 11.5 Å². The van der Waals surface area contributed by atoms with Crippen molar-refractivity contribution in [3.63, 3.8) is 0 Å². The lowest BCUT2D eigenvalue weighted by atomic mass is 10.2. The largest absolute Gasteiger partial charge is 0.495 e. The third-order valence-corrected chi connectivity index (χ3v) is 7.16.